The van der Waals surface area contributed by atoms with Crippen LogP contribution in [0.1, 0.15) is 68.2 Å². The third-order valence-electron chi connectivity index (χ3n) is 4.07. The lowest BCUT2D eigenvalue weighted by atomic mass is 9.83. The van der Waals surface area contributed by atoms with Crippen molar-refractivity contribution in [1.29, 1.82) is 0 Å². The molecule has 0 N–H and O–H groups in total. The van der Waals surface area contributed by atoms with E-state index in [0.29, 0.717) is 16.5 Å². The Hall–Kier alpha value is -3.04. The highest BCUT2D eigenvalue weighted by molar-refractivity contribution is 5.88. The van der Waals surface area contributed by atoms with Gasteiger partial charge in [0, 0.05) is 11.1 Å². The van der Waals surface area contributed by atoms with Gasteiger partial charge >= 0.3 is 24.1 Å². The lowest BCUT2D eigenvalue weighted by Crippen LogP contribution is -2.55. The Kier molecular flexibility index (Phi) is 12.3. The number of carbonyl (C=O) groups excluding carboxylic acids is 4. The molecule has 1 atom stereocenters. The minimum absolute atomic E-state index is 0.00686. The van der Waals surface area contributed by atoms with Crippen molar-refractivity contribution < 1.29 is 38.3 Å². The standard InChI is InChI=1S/C23H38N2O8/c1-11-30-21(28)24(32-19(26)15(3)4)18(13-17(7)14-23(8,9)10)25(22(29)31-12-2)33-20(27)16(5)6/h17-18H,3,5,11-14H2,1-2,4,6-10H3. The van der Waals surface area contributed by atoms with Crippen LogP contribution in [-0.2, 0) is 28.7 Å². The lowest BCUT2D eigenvalue weighted by molar-refractivity contribution is -0.248. The van der Waals surface area contributed by atoms with Crippen LogP contribution in [0.5, 0.6) is 0 Å². The first-order valence-corrected chi connectivity index (χ1v) is 10.8. The van der Waals surface area contributed by atoms with Crippen LogP contribution in [-0.4, -0.2) is 53.6 Å². The van der Waals surface area contributed by atoms with Crippen LogP contribution in [0.25, 0.3) is 0 Å². The maximum absolute atomic E-state index is 12.8. The molecule has 33 heavy (non-hydrogen) atoms. The van der Waals surface area contributed by atoms with Gasteiger partial charge in [-0.15, -0.1) is 10.1 Å². The molecule has 0 radical (unpaired) electrons. The zero-order valence-electron chi connectivity index (χ0n) is 21.1. The van der Waals surface area contributed by atoms with E-state index >= 15 is 0 Å². The van der Waals surface area contributed by atoms with E-state index < -0.39 is 30.3 Å². The van der Waals surface area contributed by atoms with E-state index in [9.17, 15) is 19.2 Å². The molecule has 0 aromatic heterocycles. The van der Waals surface area contributed by atoms with Crippen molar-refractivity contribution in [1.82, 2.24) is 10.1 Å². The number of nitrogens with zero attached hydrogens (tertiary/aromatic N) is 2. The molecule has 2 amide bonds. The second-order valence-corrected chi connectivity index (χ2v) is 8.95. The summed E-state index contributed by atoms with van der Waals surface area (Å²) < 4.78 is 10.1. The summed E-state index contributed by atoms with van der Waals surface area (Å²) in [4.78, 5) is 60.6. The van der Waals surface area contributed by atoms with Gasteiger partial charge in [0.2, 0.25) is 0 Å². The molecule has 188 valence electrons. The Morgan fingerprint density at radius 2 is 1.18 bits per heavy atom. The minimum atomic E-state index is -1.38. The molecule has 0 fully saturated rings. The fourth-order valence-electron chi connectivity index (χ4n) is 2.92. The monoisotopic (exact) mass is 470 g/mol. The molecule has 0 rings (SSSR count). The summed E-state index contributed by atoms with van der Waals surface area (Å²) in [6, 6.07) is 0. The van der Waals surface area contributed by atoms with Gasteiger partial charge in [-0.2, -0.15) is 0 Å². The van der Waals surface area contributed by atoms with Crippen molar-refractivity contribution in [3.63, 3.8) is 0 Å². The van der Waals surface area contributed by atoms with Gasteiger partial charge in [-0.1, -0.05) is 40.9 Å². The predicted octanol–water partition coefficient (Wildman–Crippen LogP) is 4.76. The molecule has 1 unspecified atom stereocenters. The molecular weight excluding hydrogens is 432 g/mol. The average molecular weight is 471 g/mol. The Labute approximate surface area is 196 Å². The number of rotatable bonds is 9. The lowest BCUT2D eigenvalue weighted by Gasteiger charge is -2.36. The van der Waals surface area contributed by atoms with Gasteiger partial charge in [-0.3, -0.25) is 0 Å². The second kappa shape index (κ2) is 13.5. The number of hydrogen-bond donors (Lipinski definition) is 0. The zero-order chi connectivity index (χ0) is 25.9. The fraction of sp³-hybridized carbons (Fsp3) is 0.652. The van der Waals surface area contributed by atoms with Crippen molar-refractivity contribution >= 4 is 24.1 Å². The van der Waals surface area contributed by atoms with Gasteiger partial charge in [0.1, 0.15) is 0 Å². The first-order chi connectivity index (χ1) is 15.1. The van der Waals surface area contributed by atoms with Gasteiger partial charge in [0.05, 0.1) is 13.2 Å². The van der Waals surface area contributed by atoms with Crippen LogP contribution < -0.4 is 0 Å². The number of hydrogen-bond acceptors (Lipinski definition) is 8. The summed E-state index contributed by atoms with van der Waals surface area (Å²) >= 11 is 0. The summed E-state index contributed by atoms with van der Waals surface area (Å²) in [6.45, 7) is 20.9. The molecule has 0 saturated heterocycles. The van der Waals surface area contributed by atoms with Crippen molar-refractivity contribution in [2.24, 2.45) is 11.3 Å². The molecule has 10 heteroatoms. The van der Waals surface area contributed by atoms with Crippen LogP contribution in [0.3, 0.4) is 0 Å². The number of hydroxylamine groups is 4. The second-order valence-electron chi connectivity index (χ2n) is 8.95. The topological polar surface area (TPSA) is 112 Å². The summed E-state index contributed by atoms with van der Waals surface area (Å²) in [5, 5.41) is 1.14. The van der Waals surface area contributed by atoms with E-state index in [4.69, 9.17) is 19.1 Å². The largest absolute Gasteiger partial charge is 0.448 e. The Morgan fingerprint density at radius 3 is 1.45 bits per heavy atom. The zero-order valence-corrected chi connectivity index (χ0v) is 21.1. The van der Waals surface area contributed by atoms with Crippen molar-refractivity contribution in [2.75, 3.05) is 13.2 Å². The maximum atomic E-state index is 12.8. The summed E-state index contributed by atoms with van der Waals surface area (Å²) in [5.41, 5.74) is -0.0733. The normalized spacial score (nSPS) is 11.8. The smallest absolute Gasteiger partial charge is 0.445 e. The van der Waals surface area contributed by atoms with E-state index in [1.54, 1.807) is 13.8 Å². The van der Waals surface area contributed by atoms with Gasteiger partial charge in [-0.25, -0.2) is 19.2 Å². The van der Waals surface area contributed by atoms with Crippen LogP contribution in [0.2, 0.25) is 0 Å². The Morgan fingerprint density at radius 1 is 0.818 bits per heavy atom. The highest BCUT2D eigenvalue weighted by Crippen LogP contribution is 2.30. The molecule has 0 bridgehead atoms. The first-order valence-electron chi connectivity index (χ1n) is 10.8. The van der Waals surface area contributed by atoms with Crippen molar-refractivity contribution in [3.8, 4) is 0 Å². The van der Waals surface area contributed by atoms with E-state index in [1.807, 2.05) is 27.7 Å². The molecule has 0 spiro atoms. The third-order valence-corrected chi connectivity index (χ3v) is 4.07. The molecular formula is C23H38N2O8. The number of carbonyl (C=O) groups is 4. The molecule has 0 saturated carbocycles. The van der Waals surface area contributed by atoms with E-state index in [-0.39, 0.29) is 42.1 Å². The van der Waals surface area contributed by atoms with Crippen LogP contribution in [0, 0.1) is 11.3 Å². The van der Waals surface area contributed by atoms with E-state index in [0.717, 1.165) is 0 Å². The maximum Gasteiger partial charge on any atom is 0.445 e. The molecule has 0 aliphatic heterocycles. The van der Waals surface area contributed by atoms with Crippen LogP contribution >= 0.6 is 0 Å². The third kappa shape index (κ3) is 10.9. The Bertz CT molecular complexity index is 691. The predicted molar refractivity (Wildman–Crippen MR) is 121 cm³/mol. The number of amides is 2. The molecule has 0 heterocycles. The van der Waals surface area contributed by atoms with E-state index in [1.165, 1.54) is 13.8 Å². The average Bonchev–Trinajstić information content (AvgIpc) is 2.67. The quantitative estimate of drug-likeness (QED) is 0.269. The molecule has 0 aromatic carbocycles. The first kappa shape index (κ1) is 30.0. The summed E-state index contributed by atoms with van der Waals surface area (Å²) in [6.07, 6.45) is -2.74. The van der Waals surface area contributed by atoms with Crippen LogP contribution in [0.15, 0.2) is 24.3 Å². The molecule has 0 aliphatic carbocycles. The van der Waals surface area contributed by atoms with Gasteiger partial charge in [0.15, 0.2) is 6.17 Å². The summed E-state index contributed by atoms with van der Waals surface area (Å²) in [5.74, 6) is -1.96. The van der Waals surface area contributed by atoms with Crippen molar-refractivity contribution in [3.05, 3.63) is 24.3 Å². The highest BCUT2D eigenvalue weighted by atomic mass is 16.8. The highest BCUT2D eigenvalue weighted by Gasteiger charge is 2.41. The SMILES string of the molecule is C=C(C)C(=O)ON(C(=O)OCC)C(CC(C)CC(C)(C)C)N(OC(=O)C(=C)C)C(=O)OCC. The molecule has 0 aliphatic rings. The van der Waals surface area contributed by atoms with E-state index in [2.05, 4.69) is 13.2 Å². The summed E-state index contributed by atoms with van der Waals surface area (Å²) in [7, 11) is 0. The van der Waals surface area contributed by atoms with Crippen LogP contribution in [0.4, 0.5) is 9.59 Å². The number of ether oxygens (including phenoxy) is 2. The van der Waals surface area contributed by atoms with Gasteiger partial charge < -0.3 is 19.1 Å². The minimum Gasteiger partial charge on any atom is -0.448 e. The molecule has 0 aromatic rings. The molecule has 10 nitrogen and oxygen atoms in total. The van der Waals surface area contributed by atoms with Gasteiger partial charge in [-0.05, 0) is 51.9 Å². The van der Waals surface area contributed by atoms with Gasteiger partial charge in [0.25, 0.3) is 0 Å². The Balaban J connectivity index is 6.51. The van der Waals surface area contributed by atoms with Crippen molar-refractivity contribution in [2.45, 2.75) is 74.4 Å². The fourth-order valence-corrected chi connectivity index (χ4v) is 2.92.